The molecule has 0 fully saturated rings. The first-order valence-corrected chi connectivity index (χ1v) is 10.7. The summed E-state index contributed by atoms with van der Waals surface area (Å²) in [7, 11) is 0. The minimum atomic E-state index is -1.05. The van der Waals surface area contributed by atoms with Crippen LogP contribution in [-0.4, -0.2) is 36.4 Å². The summed E-state index contributed by atoms with van der Waals surface area (Å²) in [6.45, 7) is 3.89. The number of fused-ring (bicyclic) bond motifs is 1. The number of carbonyl (C=O) groups is 4. The second-order valence-electron chi connectivity index (χ2n) is 7.53. The fourth-order valence-electron chi connectivity index (χ4n) is 3.50. The van der Waals surface area contributed by atoms with E-state index in [9.17, 15) is 19.2 Å². The summed E-state index contributed by atoms with van der Waals surface area (Å²) in [6, 6.07) is 19.3. The molecule has 3 aromatic carbocycles. The number of ether oxygens (including phenoxy) is 2. The van der Waals surface area contributed by atoms with Gasteiger partial charge in [0.15, 0.2) is 6.10 Å². The van der Waals surface area contributed by atoms with Crippen molar-refractivity contribution in [2.24, 2.45) is 0 Å². The molecule has 172 valence electrons. The van der Waals surface area contributed by atoms with Crippen LogP contribution in [0, 0.1) is 0 Å². The Labute approximate surface area is 196 Å². The van der Waals surface area contributed by atoms with Gasteiger partial charge in [-0.05, 0) is 74.5 Å². The van der Waals surface area contributed by atoms with Crippen molar-refractivity contribution in [3.63, 3.8) is 0 Å². The lowest BCUT2D eigenvalue weighted by atomic mass is 10.1. The van der Waals surface area contributed by atoms with E-state index < -0.39 is 29.8 Å². The number of nitrogens with one attached hydrogen (secondary N) is 1. The number of hydrogen-bond acceptors (Lipinski definition) is 6. The molecule has 0 saturated carbocycles. The van der Waals surface area contributed by atoms with Crippen LogP contribution in [0.4, 0.5) is 11.4 Å². The Balaban J connectivity index is 1.38. The average molecular weight is 458 g/mol. The summed E-state index contributed by atoms with van der Waals surface area (Å²) in [4.78, 5) is 51.2. The lowest BCUT2D eigenvalue weighted by Gasteiger charge is -2.16. The van der Waals surface area contributed by atoms with E-state index in [1.165, 1.54) is 31.2 Å². The van der Waals surface area contributed by atoms with Crippen LogP contribution in [0.15, 0.2) is 72.8 Å². The van der Waals surface area contributed by atoms with Crippen LogP contribution in [0.25, 0.3) is 0 Å². The highest BCUT2D eigenvalue weighted by Crippen LogP contribution is 2.28. The first-order valence-electron chi connectivity index (χ1n) is 10.7. The summed E-state index contributed by atoms with van der Waals surface area (Å²) < 4.78 is 10.6. The Hall–Kier alpha value is -4.46. The minimum Gasteiger partial charge on any atom is -0.494 e. The van der Waals surface area contributed by atoms with Crippen LogP contribution in [0.5, 0.6) is 5.75 Å². The van der Waals surface area contributed by atoms with Gasteiger partial charge in [0.1, 0.15) is 5.75 Å². The number of anilines is 2. The normalized spacial score (nSPS) is 13.3. The van der Waals surface area contributed by atoms with Crippen molar-refractivity contribution in [2.75, 3.05) is 16.8 Å². The average Bonchev–Trinajstić information content (AvgIpc) is 3.10. The minimum absolute atomic E-state index is 0.182. The third-order valence-corrected chi connectivity index (χ3v) is 5.24. The molecule has 3 aromatic rings. The van der Waals surface area contributed by atoms with Crippen molar-refractivity contribution in [3.8, 4) is 5.75 Å². The van der Waals surface area contributed by atoms with E-state index in [0.717, 1.165) is 4.90 Å². The number of esters is 1. The molecule has 0 spiro atoms. The first kappa shape index (κ1) is 22.7. The molecule has 1 aliphatic heterocycles. The topological polar surface area (TPSA) is 102 Å². The van der Waals surface area contributed by atoms with Gasteiger partial charge in [-0.3, -0.25) is 14.4 Å². The van der Waals surface area contributed by atoms with Crippen molar-refractivity contribution in [1.82, 2.24) is 0 Å². The van der Waals surface area contributed by atoms with E-state index in [1.54, 1.807) is 48.5 Å². The zero-order valence-corrected chi connectivity index (χ0v) is 18.6. The standard InChI is InChI=1S/C26H22N2O6/c1-3-33-20-14-10-18(11-15-20)27-23(29)16(2)34-26(32)17-8-12-19(13-9-17)28-24(30)21-6-4-5-7-22(21)25(28)31/h4-16H,3H2,1-2H3,(H,27,29). The van der Waals surface area contributed by atoms with Gasteiger partial charge in [0, 0.05) is 5.69 Å². The molecule has 1 atom stereocenters. The number of nitrogens with zero attached hydrogens (tertiary/aromatic N) is 1. The fraction of sp³-hybridized carbons (Fsp3) is 0.154. The maximum atomic E-state index is 12.6. The van der Waals surface area contributed by atoms with Gasteiger partial charge < -0.3 is 14.8 Å². The molecule has 1 unspecified atom stereocenters. The summed E-state index contributed by atoms with van der Waals surface area (Å²) >= 11 is 0. The Morgan fingerprint density at radius 1 is 0.882 bits per heavy atom. The van der Waals surface area contributed by atoms with Gasteiger partial charge in [0.05, 0.1) is 29.0 Å². The molecule has 0 aliphatic carbocycles. The number of rotatable bonds is 7. The van der Waals surface area contributed by atoms with Crippen LogP contribution in [0.3, 0.4) is 0 Å². The molecule has 0 radical (unpaired) electrons. The van der Waals surface area contributed by atoms with Gasteiger partial charge in [-0.2, -0.15) is 0 Å². The van der Waals surface area contributed by atoms with Gasteiger partial charge in [-0.1, -0.05) is 12.1 Å². The van der Waals surface area contributed by atoms with Crippen molar-refractivity contribution >= 4 is 35.1 Å². The van der Waals surface area contributed by atoms with Gasteiger partial charge in [-0.15, -0.1) is 0 Å². The summed E-state index contributed by atoms with van der Waals surface area (Å²) in [6.07, 6.45) is -1.05. The van der Waals surface area contributed by atoms with E-state index in [2.05, 4.69) is 5.32 Å². The van der Waals surface area contributed by atoms with E-state index in [-0.39, 0.29) is 5.56 Å². The third kappa shape index (κ3) is 4.52. The third-order valence-electron chi connectivity index (χ3n) is 5.24. The Bertz CT molecular complexity index is 1220. The van der Waals surface area contributed by atoms with E-state index in [1.807, 2.05) is 6.92 Å². The monoisotopic (exact) mass is 458 g/mol. The smallest absolute Gasteiger partial charge is 0.338 e. The Kier molecular flexibility index (Phi) is 6.40. The molecular formula is C26H22N2O6. The number of carbonyl (C=O) groups excluding carboxylic acids is 4. The van der Waals surface area contributed by atoms with Crippen LogP contribution < -0.4 is 15.0 Å². The lowest BCUT2D eigenvalue weighted by molar-refractivity contribution is -0.123. The number of amides is 3. The molecule has 8 heteroatoms. The Morgan fingerprint density at radius 3 is 2.03 bits per heavy atom. The largest absolute Gasteiger partial charge is 0.494 e. The maximum Gasteiger partial charge on any atom is 0.338 e. The SMILES string of the molecule is CCOc1ccc(NC(=O)C(C)OC(=O)c2ccc(N3C(=O)c4ccccc4C3=O)cc2)cc1. The highest BCUT2D eigenvalue weighted by atomic mass is 16.5. The summed E-state index contributed by atoms with van der Waals surface area (Å²) in [5, 5.41) is 2.68. The molecule has 34 heavy (non-hydrogen) atoms. The molecule has 1 N–H and O–H groups in total. The lowest BCUT2D eigenvalue weighted by Crippen LogP contribution is -2.30. The predicted molar refractivity (Wildman–Crippen MR) is 125 cm³/mol. The van der Waals surface area contributed by atoms with Gasteiger partial charge in [-0.25, -0.2) is 9.69 Å². The molecule has 0 aromatic heterocycles. The van der Waals surface area contributed by atoms with Crippen LogP contribution >= 0.6 is 0 Å². The second-order valence-corrected chi connectivity index (χ2v) is 7.53. The molecule has 0 saturated heterocycles. The zero-order chi connectivity index (χ0) is 24.2. The van der Waals surface area contributed by atoms with Gasteiger partial charge in [0.25, 0.3) is 17.7 Å². The van der Waals surface area contributed by atoms with Gasteiger partial charge >= 0.3 is 5.97 Å². The first-order chi connectivity index (χ1) is 16.4. The summed E-state index contributed by atoms with van der Waals surface area (Å²) in [5.74, 6) is -1.35. The van der Waals surface area contributed by atoms with Crippen molar-refractivity contribution < 1.29 is 28.7 Å². The van der Waals surface area contributed by atoms with Crippen LogP contribution in [0.2, 0.25) is 0 Å². The number of benzene rings is 3. The number of imide groups is 1. The predicted octanol–water partition coefficient (Wildman–Crippen LogP) is 4.07. The fourth-order valence-corrected chi connectivity index (χ4v) is 3.50. The highest BCUT2D eigenvalue weighted by molar-refractivity contribution is 6.34. The quantitative estimate of drug-likeness (QED) is 0.423. The number of hydrogen-bond donors (Lipinski definition) is 1. The summed E-state index contributed by atoms with van der Waals surface area (Å²) in [5.41, 5.74) is 1.73. The highest BCUT2D eigenvalue weighted by Gasteiger charge is 2.36. The van der Waals surface area contributed by atoms with Crippen LogP contribution in [0.1, 0.15) is 44.9 Å². The van der Waals surface area contributed by atoms with E-state index in [0.29, 0.717) is 34.9 Å². The molecule has 1 aliphatic rings. The molecule has 4 rings (SSSR count). The zero-order valence-electron chi connectivity index (χ0n) is 18.6. The second kappa shape index (κ2) is 9.58. The molecule has 0 bridgehead atoms. The van der Waals surface area contributed by atoms with Crippen molar-refractivity contribution in [2.45, 2.75) is 20.0 Å². The van der Waals surface area contributed by atoms with E-state index in [4.69, 9.17) is 9.47 Å². The van der Waals surface area contributed by atoms with E-state index >= 15 is 0 Å². The van der Waals surface area contributed by atoms with Crippen LogP contribution in [-0.2, 0) is 9.53 Å². The molecule has 1 heterocycles. The Morgan fingerprint density at radius 2 is 1.47 bits per heavy atom. The molecule has 8 nitrogen and oxygen atoms in total. The van der Waals surface area contributed by atoms with Crippen molar-refractivity contribution in [3.05, 3.63) is 89.5 Å². The molecular weight excluding hydrogens is 436 g/mol. The van der Waals surface area contributed by atoms with Gasteiger partial charge in [0.2, 0.25) is 0 Å². The maximum absolute atomic E-state index is 12.6. The van der Waals surface area contributed by atoms with Crippen molar-refractivity contribution in [1.29, 1.82) is 0 Å². The molecule has 3 amide bonds.